The molecule has 0 aromatic heterocycles. The van der Waals surface area contributed by atoms with Gasteiger partial charge in [-0.15, -0.1) is 0 Å². The number of hydrogen-bond acceptors (Lipinski definition) is 3. The van der Waals surface area contributed by atoms with E-state index in [9.17, 15) is 0 Å². The minimum absolute atomic E-state index is 0.344. The molecule has 0 saturated heterocycles. The lowest BCUT2D eigenvalue weighted by Gasteiger charge is -2.37. The van der Waals surface area contributed by atoms with Crippen molar-refractivity contribution >= 4 is 11.4 Å². The fourth-order valence-corrected chi connectivity index (χ4v) is 4.23. The van der Waals surface area contributed by atoms with Crippen molar-refractivity contribution in [3.8, 4) is 5.75 Å². The van der Waals surface area contributed by atoms with Gasteiger partial charge in [0, 0.05) is 31.4 Å². The molecule has 1 N–H and O–H groups in total. The summed E-state index contributed by atoms with van der Waals surface area (Å²) in [5.41, 5.74) is 5.21. The Morgan fingerprint density at radius 1 is 1.11 bits per heavy atom. The number of ether oxygens (including phenoxy) is 1. The third-order valence-corrected chi connectivity index (χ3v) is 5.69. The van der Waals surface area contributed by atoms with Crippen LogP contribution in [0.5, 0.6) is 5.75 Å². The van der Waals surface area contributed by atoms with E-state index in [-0.39, 0.29) is 0 Å². The third kappa shape index (κ3) is 3.55. The molecular weight excluding hydrogens is 332 g/mol. The molecule has 0 bridgehead atoms. The van der Waals surface area contributed by atoms with Crippen molar-refractivity contribution in [2.24, 2.45) is 11.8 Å². The van der Waals surface area contributed by atoms with E-state index in [1.54, 1.807) is 0 Å². The molecule has 1 aliphatic carbocycles. The van der Waals surface area contributed by atoms with Crippen LogP contribution in [-0.4, -0.2) is 20.7 Å². The smallest absolute Gasteiger partial charge is 0.119 e. The fraction of sp³-hybridized carbons (Fsp3) is 0.417. The van der Waals surface area contributed by atoms with Gasteiger partial charge in [-0.05, 0) is 59.7 Å². The van der Waals surface area contributed by atoms with Crippen LogP contribution >= 0.6 is 0 Å². The van der Waals surface area contributed by atoms with E-state index >= 15 is 0 Å². The lowest BCUT2D eigenvalue weighted by atomic mass is 9.77. The molecule has 0 amide bonds. The van der Waals surface area contributed by atoms with Crippen LogP contribution in [0.4, 0.5) is 11.4 Å². The highest BCUT2D eigenvalue weighted by Crippen LogP contribution is 2.50. The molecule has 0 fully saturated rings. The van der Waals surface area contributed by atoms with E-state index in [4.69, 9.17) is 4.74 Å². The summed E-state index contributed by atoms with van der Waals surface area (Å²) in [5, 5.41) is 3.82. The van der Waals surface area contributed by atoms with Gasteiger partial charge in [-0.25, -0.2) is 0 Å². The highest BCUT2D eigenvalue weighted by atomic mass is 16.5. The van der Waals surface area contributed by atoms with E-state index in [1.807, 2.05) is 0 Å². The van der Waals surface area contributed by atoms with Gasteiger partial charge >= 0.3 is 0 Å². The first-order valence-corrected chi connectivity index (χ1v) is 10.00. The Balaban J connectivity index is 1.62. The molecule has 2 aliphatic rings. The largest absolute Gasteiger partial charge is 0.493 e. The zero-order valence-corrected chi connectivity index (χ0v) is 16.8. The van der Waals surface area contributed by atoms with Crippen LogP contribution in [0.3, 0.4) is 0 Å². The Labute approximate surface area is 163 Å². The summed E-state index contributed by atoms with van der Waals surface area (Å²) in [4.78, 5) is 2.14. The van der Waals surface area contributed by atoms with Crippen molar-refractivity contribution in [2.45, 2.75) is 32.2 Å². The average molecular weight is 363 g/mol. The molecule has 3 nitrogen and oxygen atoms in total. The number of nitrogens with one attached hydrogen (secondary N) is 1. The zero-order chi connectivity index (χ0) is 19.0. The third-order valence-electron chi connectivity index (χ3n) is 5.69. The summed E-state index contributed by atoms with van der Waals surface area (Å²) in [7, 11) is 4.17. The van der Waals surface area contributed by atoms with E-state index < -0.39 is 0 Å². The summed E-state index contributed by atoms with van der Waals surface area (Å²) in [6, 6.07) is 15.8. The second-order valence-corrected chi connectivity index (χ2v) is 8.42. The minimum atomic E-state index is 0.344. The number of nitrogens with zero attached hydrogens (tertiary/aromatic N) is 1. The monoisotopic (exact) mass is 362 g/mol. The zero-order valence-electron chi connectivity index (χ0n) is 16.8. The summed E-state index contributed by atoms with van der Waals surface area (Å²) in [6.07, 6.45) is 5.85. The number of fused-ring (bicyclic) bond motifs is 3. The molecule has 1 aliphatic heterocycles. The maximum atomic E-state index is 5.97. The molecule has 3 atom stereocenters. The molecule has 142 valence electrons. The van der Waals surface area contributed by atoms with Crippen LogP contribution in [0.15, 0.2) is 54.6 Å². The molecule has 3 unspecified atom stereocenters. The highest BCUT2D eigenvalue weighted by Gasteiger charge is 2.38. The van der Waals surface area contributed by atoms with Crippen molar-refractivity contribution in [1.29, 1.82) is 0 Å². The maximum Gasteiger partial charge on any atom is 0.119 e. The first-order chi connectivity index (χ1) is 13.0. The summed E-state index contributed by atoms with van der Waals surface area (Å²) >= 11 is 0. The molecule has 4 rings (SSSR count). The molecule has 0 spiro atoms. The van der Waals surface area contributed by atoms with Crippen molar-refractivity contribution in [1.82, 2.24) is 0 Å². The van der Waals surface area contributed by atoms with Crippen LogP contribution in [0, 0.1) is 11.8 Å². The SMILES string of the molecule is CC(C)COc1ccc2c(c1)C1C=CCC1C(c1ccc(N(C)C)cc1)N2. The Hall–Kier alpha value is -2.42. The van der Waals surface area contributed by atoms with Crippen molar-refractivity contribution in [3.63, 3.8) is 0 Å². The topological polar surface area (TPSA) is 24.5 Å². The average Bonchev–Trinajstić information content (AvgIpc) is 3.16. The van der Waals surface area contributed by atoms with Crippen molar-refractivity contribution in [3.05, 3.63) is 65.7 Å². The predicted octanol–water partition coefficient (Wildman–Crippen LogP) is 5.61. The van der Waals surface area contributed by atoms with Gasteiger partial charge in [-0.3, -0.25) is 0 Å². The summed E-state index contributed by atoms with van der Waals surface area (Å²) in [5.74, 6) is 2.54. The molecular formula is C24H30N2O. The Morgan fingerprint density at radius 3 is 2.59 bits per heavy atom. The second-order valence-electron chi connectivity index (χ2n) is 8.42. The van der Waals surface area contributed by atoms with Gasteiger partial charge in [0.05, 0.1) is 12.6 Å². The van der Waals surface area contributed by atoms with Gasteiger partial charge in [0.15, 0.2) is 0 Å². The normalized spacial score (nSPS) is 22.9. The van der Waals surface area contributed by atoms with Gasteiger partial charge in [0.2, 0.25) is 0 Å². The maximum absolute atomic E-state index is 5.97. The lowest BCUT2D eigenvalue weighted by Crippen LogP contribution is -2.29. The van der Waals surface area contributed by atoms with Gasteiger partial charge in [0.1, 0.15) is 5.75 Å². The lowest BCUT2D eigenvalue weighted by molar-refractivity contribution is 0.270. The molecule has 3 heteroatoms. The van der Waals surface area contributed by atoms with Gasteiger partial charge in [0.25, 0.3) is 0 Å². The predicted molar refractivity (Wildman–Crippen MR) is 114 cm³/mol. The Morgan fingerprint density at radius 2 is 1.89 bits per heavy atom. The van der Waals surface area contributed by atoms with E-state index in [1.165, 1.54) is 22.5 Å². The number of hydrogen-bond donors (Lipinski definition) is 1. The highest BCUT2D eigenvalue weighted by molar-refractivity contribution is 5.62. The quantitative estimate of drug-likeness (QED) is 0.699. The standard InChI is InChI=1S/C24H30N2O/c1-16(2)15-27-19-12-13-23-22(14-19)20-6-5-7-21(20)24(25-23)17-8-10-18(11-9-17)26(3)4/h5-6,8-14,16,20-21,24-25H,7,15H2,1-4H3. The summed E-state index contributed by atoms with van der Waals surface area (Å²) < 4.78 is 5.97. The van der Waals surface area contributed by atoms with Gasteiger partial charge in [-0.1, -0.05) is 38.1 Å². The number of rotatable bonds is 5. The molecule has 27 heavy (non-hydrogen) atoms. The molecule has 0 radical (unpaired) electrons. The van der Waals surface area contributed by atoms with Crippen LogP contribution in [-0.2, 0) is 0 Å². The van der Waals surface area contributed by atoms with Gasteiger partial charge in [-0.2, -0.15) is 0 Å². The van der Waals surface area contributed by atoms with Gasteiger partial charge < -0.3 is 15.0 Å². The number of allylic oxidation sites excluding steroid dienone is 2. The van der Waals surface area contributed by atoms with Crippen LogP contribution < -0.4 is 15.0 Å². The first-order valence-electron chi connectivity index (χ1n) is 10.00. The van der Waals surface area contributed by atoms with Crippen molar-refractivity contribution in [2.75, 3.05) is 30.9 Å². The molecule has 1 heterocycles. The van der Waals surface area contributed by atoms with E-state index in [0.29, 0.717) is 23.8 Å². The molecule has 0 saturated carbocycles. The second kappa shape index (κ2) is 7.30. The Bertz CT molecular complexity index is 823. The van der Waals surface area contributed by atoms with Crippen LogP contribution in [0.1, 0.15) is 43.4 Å². The number of benzene rings is 2. The Kier molecular flexibility index (Phi) is 4.86. The molecule has 2 aromatic rings. The fourth-order valence-electron chi connectivity index (χ4n) is 4.23. The minimum Gasteiger partial charge on any atom is -0.493 e. The van der Waals surface area contributed by atoms with E-state index in [0.717, 1.165) is 18.8 Å². The first kappa shape index (κ1) is 18.0. The molecule has 2 aromatic carbocycles. The number of anilines is 2. The van der Waals surface area contributed by atoms with Crippen molar-refractivity contribution < 1.29 is 4.74 Å². The summed E-state index contributed by atoms with van der Waals surface area (Å²) in [6.45, 7) is 5.13. The van der Waals surface area contributed by atoms with E-state index in [2.05, 4.69) is 92.8 Å². The van der Waals surface area contributed by atoms with Crippen LogP contribution in [0.25, 0.3) is 0 Å². The van der Waals surface area contributed by atoms with Crippen LogP contribution in [0.2, 0.25) is 0 Å².